The van der Waals surface area contributed by atoms with Crippen LogP contribution in [0.15, 0.2) is 60.9 Å². The molecule has 17 heteroatoms. The van der Waals surface area contributed by atoms with Gasteiger partial charge in [0.1, 0.15) is 17.5 Å². The molecule has 1 aromatic heterocycles. The number of nitrogens with one attached hydrogen (secondary N) is 2. The Morgan fingerprint density at radius 2 is 1.60 bits per heavy atom. The number of anilines is 1. The van der Waals surface area contributed by atoms with Crippen molar-refractivity contribution >= 4 is 29.3 Å². The number of amides is 1. The molecule has 0 spiro atoms. The maximum Gasteiger partial charge on any atom is 0.573 e. The Bertz CT molecular complexity index is 1390. The number of hydrogen-bond donors (Lipinski definition) is 2. The van der Waals surface area contributed by atoms with Gasteiger partial charge in [0.25, 0.3) is 5.91 Å². The Labute approximate surface area is 222 Å². The van der Waals surface area contributed by atoms with E-state index in [0.29, 0.717) is 30.3 Å². The third-order valence-electron chi connectivity index (χ3n) is 4.85. The van der Waals surface area contributed by atoms with Gasteiger partial charge >= 0.3 is 18.7 Å². The van der Waals surface area contributed by atoms with Crippen molar-refractivity contribution < 1.29 is 53.4 Å². The lowest BCUT2D eigenvalue weighted by molar-refractivity contribution is -0.274. The first-order valence-corrected chi connectivity index (χ1v) is 10.9. The van der Waals surface area contributed by atoms with Crippen LogP contribution >= 0.6 is 11.6 Å². The highest BCUT2D eigenvalue weighted by Crippen LogP contribution is 2.42. The molecule has 214 valence electrons. The molecule has 0 aliphatic rings. The number of halogens is 11. The Morgan fingerprint density at radius 3 is 2.17 bits per heavy atom. The molecule has 0 radical (unpaired) electrons. The third-order valence-corrected chi connectivity index (χ3v) is 5.07. The number of nitrogens with zero attached hydrogens (tertiary/aromatic N) is 2. The van der Waals surface area contributed by atoms with E-state index in [-0.39, 0.29) is 18.1 Å². The zero-order chi connectivity index (χ0) is 29.9. The summed E-state index contributed by atoms with van der Waals surface area (Å²) >= 11 is 5.60. The second-order valence-electron chi connectivity index (χ2n) is 7.71. The zero-order valence-corrected chi connectivity index (χ0v) is 20.0. The van der Waals surface area contributed by atoms with Crippen LogP contribution in [-0.2, 0) is 6.18 Å². The van der Waals surface area contributed by atoms with Crippen molar-refractivity contribution in [3.8, 4) is 5.75 Å². The highest BCUT2D eigenvalue weighted by Gasteiger charge is 2.41. The summed E-state index contributed by atoms with van der Waals surface area (Å²) in [5.41, 5.74) is -0.669. The maximum absolute atomic E-state index is 15.0. The number of carbonyl (C=O) groups excluding carboxylic acids is 1. The van der Waals surface area contributed by atoms with Crippen LogP contribution in [0.25, 0.3) is 5.83 Å². The van der Waals surface area contributed by atoms with E-state index in [1.807, 2.05) is 5.43 Å². The van der Waals surface area contributed by atoms with Gasteiger partial charge in [0.2, 0.25) is 5.95 Å². The second-order valence-corrected chi connectivity index (χ2v) is 8.15. The molecule has 0 saturated heterocycles. The van der Waals surface area contributed by atoms with E-state index in [0.717, 1.165) is 0 Å². The number of alkyl halides is 9. The smallest absolute Gasteiger partial charge is 0.406 e. The van der Waals surface area contributed by atoms with Gasteiger partial charge in [-0.1, -0.05) is 17.7 Å². The molecule has 3 rings (SSSR count). The summed E-state index contributed by atoms with van der Waals surface area (Å²) in [5, 5.41) is -0.621. The highest BCUT2D eigenvalue weighted by atomic mass is 35.5. The first kappa shape index (κ1) is 30.5. The predicted octanol–water partition coefficient (Wildman–Crippen LogP) is 7.46. The molecule has 0 fully saturated rings. The number of benzene rings is 2. The van der Waals surface area contributed by atoms with E-state index < -0.39 is 69.4 Å². The van der Waals surface area contributed by atoms with Crippen molar-refractivity contribution in [2.24, 2.45) is 0 Å². The van der Waals surface area contributed by atoms with Crippen LogP contribution in [0.5, 0.6) is 5.75 Å². The van der Waals surface area contributed by atoms with E-state index in [9.17, 15) is 48.7 Å². The van der Waals surface area contributed by atoms with Crippen LogP contribution in [0, 0.1) is 0 Å². The Kier molecular flexibility index (Phi) is 8.81. The lowest BCUT2D eigenvalue weighted by atomic mass is 9.95. The number of hydrazine groups is 1. The number of aromatic nitrogens is 2. The van der Waals surface area contributed by atoms with Gasteiger partial charge in [0.05, 0.1) is 11.1 Å². The fourth-order valence-corrected chi connectivity index (χ4v) is 3.48. The standard InChI is InChI=1S/C23H13ClF10N4O2/c24-13-6-12(7-14(9-13)40-23(32,33)34)16(21(26,27)28)10-18(25)11-2-3-15(17(8-11)22(29,30)31)19(39)37-38-20-35-4-1-5-36-20/h1-10,16H,(H,37,39)(H,35,36,38)/b18-10-. The summed E-state index contributed by atoms with van der Waals surface area (Å²) in [5.74, 6) is -7.46. The molecule has 2 aromatic carbocycles. The minimum atomic E-state index is -5.32. The van der Waals surface area contributed by atoms with Crippen LogP contribution in [0.1, 0.15) is 33.0 Å². The van der Waals surface area contributed by atoms with Crippen molar-refractivity contribution in [2.45, 2.75) is 24.6 Å². The number of carbonyl (C=O) groups is 1. The molecule has 0 saturated carbocycles. The van der Waals surface area contributed by atoms with Gasteiger partial charge in [-0.3, -0.25) is 15.6 Å². The SMILES string of the molecule is O=C(NNc1ncccn1)c1ccc(/C(F)=C/C(c2cc(Cl)cc(OC(F)(F)F)c2)C(F)(F)F)cc1C(F)(F)F. The summed E-state index contributed by atoms with van der Waals surface area (Å²) in [4.78, 5) is 19.7. The normalized spacial score (nSPS) is 13.5. The Hall–Kier alpha value is -4.08. The van der Waals surface area contributed by atoms with Crippen molar-refractivity contribution in [2.75, 3.05) is 5.43 Å². The van der Waals surface area contributed by atoms with Crippen LogP contribution in [0.4, 0.5) is 49.9 Å². The Morgan fingerprint density at radius 1 is 0.950 bits per heavy atom. The number of allylic oxidation sites excluding steroid dienone is 1. The summed E-state index contributed by atoms with van der Waals surface area (Å²) in [6, 6.07) is 4.10. The Balaban J connectivity index is 1.99. The predicted molar refractivity (Wildman–Crippen MR) is 121 cm³/mol. The van der Waals surface area contributed by atoms with Crippen molar-refractivity contribution in [1.82, 2.24) is 15.4 Å². The third kappa shape index (κ3) is 8.21. The first-order chi connectivity index (χ1) is 18.4. The van der Waals surface area contributed by atoms with Gasteiger partial charge in [0, 0.05) is 23.0 Å². The van der Waals surface area contributed by atoms with E-state index in [4.69, 9.17) is 11.6 Å². The average Bonchev–Trinajstić information content (AvgIpc) is 2.83. The number of hydrogen-bond acceptors (Lipinski definition) is 5. The second kappa shape index (κ2) is 11.6. The summed E-state index contributed by atoms with van der Waals surface area (Å²) in [7, 11) is 0. The number of rotatable bonds is 7. The largest absolute Gasteiger partial charge is 0.573 e. The average molecular weight is 603 g/mol. The van der Waals surface area contributed by atoms with Gasteiger partial charge in [-0.25, -0.2) is 14.4 Å². The van der Waals surface area contributed by atoms with Gasteiger partial charge in [0.15, 0.2) is 0 Å². The van der Waals surface area contributed by atoms with Crippen molar-refractivity contribution in [3.05, 3.63) is 88.2 Å². The maximum atomic E-state index is 15.0. The molecule has 0 bridgehead atoms. The molecule has 6 nitrogen and oxygen atoms in total. The molecule has 0 aliphatic heterocycles. The number of ether oxygens (including phenoxy) is 1. The van der Waals surface area contributed by atoms with Crippen LogP contribution in [-0.4, -0.2) is 28.4 Å². The quantitative estimate of drug-likeness (QED) is 0.217. The molecule has 3 aromatic rings. The molecule has 1 atom stereocenters. The van der Waals surface area contributed by atoms with Gasteiger partial charge in [-0.2, -0.15) is 26.3 Å². The molecule has 1 amide bonds. The minimum Gasteiger partial charge on any atom is -0.406 e. The fraction of sp³-hybridized carbons (Fsp3) is 0.174. The molecule has 1 heterocycles. The van der Waals surface area contributed by atoms with E-state index in [1.165, 1.54) is 18.5 Å². The molecule has 0 aliphatic carbocycles. The fourth-order valence-electron chi connectivity index (χ4n) is 3.25. The molecule has 2 N–H and O–H groups in total. The van der Waals surface area contributed by atoms with Gasteiger partial charge in [-0.15, -0.1) is 13.2 Å². The topological polar surface area (TPSA) is 76.1 Å². The summed E-state index contributed by atoms with van der Waals surface area (Å²) < 4.78 is 139. The van der Waals surface area contributed by atoms with Crippen LogP contribution < -0.4 is 15.6 Å². The lowest BCUT2D eigenvalue weighted by Crippen LogP contribution is -2.32. The van der Waals surface area contributed by atoms with E-state index >= 15 is 0 Å². The summed E-state index contributed by atoms with van der Waals surface area (Å²) in [6.45, 7) is 0. The first-order valence-electron chi connectivity index (χ1n) is 10.5. The van der Waals surface area contributed by atoms with Crippen LogP contribution in [0.2, 0.25) is 5.02 Å². The molecule has 40 heavy (non-hydrogen) atoms. The monoisotopic (exact) mass is 602 g/mol. The molecular weight excluding hydrogens is 590 g/mol. The van der Waals surface area contributed by atoms with Crippen molar-refractivity contribution in [1.29, 1.82) is 0 Å². The highest BCUT2D eigenvalue weighted by molar-refractivity contribution is 6.30. The molecule has 1 unspecified atom stereocenters. The van der Waals surface area contributed by atoms with Crippen molar-refractivity contribution in [3.63, 3.8) is 0 Å². The summed E-state index contributed by atoms with van der Waals surface area (Å²) in [6.07, 6.45) is -13.5. The zero-order valence-electron chi connectivity index (χ0n) is 19.2. The minimum absolute atomic E-state index is 0.101. The van der Waals surface area contributed by atoms with Crippen LogP contribution in [0.3, 0.4) is 0 Å². The lowest BCUT2D eigenvalue weighted by Gasteiger charge is -2.20. The van der Waals surface area contributed by atoms with Gasteiger partial charge < -0.3 is 4.74 Å². The van der Waals surface area contributed by atoms with Gasteiger partial charge in [-0.05, 0) is 48.0 Å². The molecular formula is C23H13ClF10N4O2. The van der Waals surface area contributed by atoms with E-state index in [2.05, 4.69) is 20.1 Å². The van der Waals surface area contributed by atoms with E-state index in [1.54, 1.807) is 0 Å².